The fraction of sp³-hybridized carbons (Fsp3) is 0.385. The quantitative estimate of drug-likeness (QED) is 0.214. The Bertz CT molecular complexity index is 1870. The molecule has 2 N–H and O–H groups in total. The van der Waals surface area contributed by atoms with Gasteiger partial charge in [-0.25, -0.2) is 0 Å². The van der Waals surface area contributed by atoms with Crippen molar-refractivity contribution in [1.29, 1.82) is 0 Å². The lowest BCUT2D eigenvalue weighted by molar-refractivity contribution is 0.283. The van der Waals surface area contributed by atoms with E-state index in [4.69, 9.17) is 0 Å². The molecule has 1 aliphatic heterocycles. The first-order chi connectivity index (χ1) is 26.1. The van der Waals surface area contributed by atoms with Crippen molar-refractivity contribution in [2.75, 3.05) is 10.6 Å². The van der Waals surface area contributed by atoms with E-state index in [2.05, 4.69) is 186 Å². The lowest BCUT2D eigenvalue weighted by atomic mass is 9.61. The summed E-state index contributed by atoms with van der Waals surface area (Å²) in [6.07, 6.45) is 15.9. The van der Waals surface area contributed by atoms with Gasteiger partial charge < -0.3 is 10.6 Å². The first-order valence-corrected chi connectivity index (χ1v) is 20.7. The molecule has 0 saturated heterocycles. The average molecular weight is 721 g/mol. The van der Waals surface area contributed by atoms with Gasteiger partial charge in [0.25, 0.3) is 0 Å². The van der Waals surface area contributed by atoms with Crippen molar-refractivity contribution < 1.29 is 0 Å². The van der Waals surface area contributed by atoms with Crippen LogP contribution in [0.15, 0.2) is 146 Å². The highest BCUT2D eigenvalue weighted by molar-refractivity contribution is 5.83. The molecule has 4 unspecified atom stereocenters. The highest BCUT2D eigenvalue weighted by Crippen LogP contribution is 2.60. The minimum atomic E-state index is -0.231. The van der Waals surface area contributed by atoms with Gasteiger partial charge in [0.15, 0.2) is 0 Å². The largest absolute Gasteiger partial charge is 0.377 e. The molecule has 4 aromatic rings. The van der Waals surface area contributed by atoms with Crippen molar-refractivity contribution in [2.24, 2.45) is 23.2 Å². The first-order valence-electron chi connectivity index (χ1n) is 20.7. The van der Waals surface area contributed by atoms with E-state index in [-0.39, 0.29) is 17.4 Å². The van der Waals surface area contributed by atoms with Crippen LogP contribution in [0.2, 0.25) is 0 Å². The molecule has 0 aromatic heterocycles. The average Bonchev–Trinajstić information content (AvgIpc) is 3.48. The maximum absolute atomic E-state index is 4.00. The van der Waals surface area contributed by atoms with E-state index < -0.39 is 0 Å². The molecule has 0 radical (unpaired) electrons. The molecule has 2 nitrogen and oxygen atoms in total. The van der Waals surface area contributed by atoms with Gasteiger partial charge in [0.05, 0.1) is 11.5 Å². The van der Waals surface area contributed by atoms with E-state index in [0.717, 1.165) is 37.3 Å². The summed E-state index contributed by atoms with van der Waals surface area (Å²) < 4.78 is 0. The van der Waals surface area contributed by atoms with E-state index in [1.165, 1.54) is 44.7 Å². The third kappa shape index (κ3) is 9.20. The van der Waals surface area contributed by atoms with Crippen molar-refractivity contribution in [3.05, 3.63) is 174 Å². The molecule has 2 aliphatic carbocycles. The predicted octanol–water partition coefficient (Wildman–Crippen LogP) is 15.0. The van der Waals surface area contributed by atoms with Crippen LogP contribution < -0.4 is 10.6 Å². The van der Waals surface area contributed by atoms with Gasteiger partial charge >= 0.3 is 0 Å². The fourth-order valence-electron chi connectivity index (χ4n) is 7.94. The van der Waals surface area contributed by atoms with Gasteiger partial charge in [-0.05, 0) is 106 Å². The Labute approximate surface area is 329 Å². The molecule has 0 amide bonds. The van der Waals surface area contributed by atoms with Gasteiger partial charge in [0, 0.05) is 17.3 Å². The molecule has 4 atom stereocenters. The Morgan fingerprint density at radius 1 is 0.833 bits per heavy atom. The summed E-state index contributed by atoms with van der Waals surface area (Å²) in [7, 11) is 0. The summed E-state index contributed by atoms with van der Waals surface area (Å²) in [5.74, 6) is 1.34. The molecular formula is C52H68N2. The minimum absolute atomic E-state index is 0.103. The van der Waals surface area contributed by atoms with E-state index in [9.17, 15) is 0 Å². The minimum Gasteiger partial charge on any atom is -0.377 e. The maximum atomic E-state index is 4.00. The Morgan fingerprint density at radius 3 is 2.17 bits per heavy atom. The Hall–Kier alpha value is -4.56. The topological polar surface area (TPSA) is 24.1 Å². The molecule has 286 valence electrons. The SMILES string of the molecule is C=CNc1cccc(C2Nc3ccccc3CCC3/C(=C\C2C)c2ccccc2C3(C2=CCCC=C2)c2ccccc2)c1.CC.CC.CC(C)C(C)(C)C. The van der Waals surface area contributed by atoms with Crippen molar-refractivity contribution >= 4 is 16.9 Å². The molecule has 0 fully saturated rings. The molecule has 0 bridgehead atoms. The van der Waals surface area contributed by atoms with Crippen LogP contribution in [-0.4, -0.2) is 0 Å². The molecular weight excluding hydrogens is 653 g/mol. The molecule has 7 rings (SSSR count). The zero-order valence-corrected chi connectivity index (χ0v) is 35.0. The molecule has 3 aliphatic rings. The second-order valence-electron chi connectivity index (χ2n) is 15.7. The van der Waals surface area contributed by atoms with Gasteiger partial charge in [0.2, 0.25) is 0 Å². The van der Waals surface area contributed by atoms with E-state index in [1.807, 2.05) is 27.7 Å². The van der Waals surface area contributed by atoms with Gasteiger partial charge in [-0.15, -0.1) is 0 Å². The molecule has 0 saturated carbocycles. The van der Waals surface area contributed by atoms with E-state index in [0.29, 0.717) is 11.3 Å². The summed E-state index contributed by atoms with van der Waals surface area (Å²) in [4.78, 5) is 0. The normalized spacial score (nSPS) is 22.2. The van der Waals surface area contributed by atoms with Crippen LogP contribution in [0.25, 0.3) is 5.57 Å². The maximum Gasteiger partial charge on any atom is 0.0574 e. The van der Waals surface area contributed by atoms with Crippen LogP contribution in [-0.2, 0) is 11.8 Å². The molecule has 1 heterocycles. The van der Waals surface area contributed by atoms with Gasteiger partial charge in [-0.1, -0.05) is 185 Å². The molecule has 54 heavy (non-hydrogen) atoms. The van der Waals surface area contributed by atoms with Crippen LogP contribution >= 0.6 is 0 Å². The van der Waals surface area contributed by atoms with Gasteiger partial charge in [-0.2, -0.15) is 0 Å². The van der Waals surface area contributed by atoms with Gasteiger partial charge in [-0.3, -0.25) is 0 Å². The summed E-state index contributed by atoms with van der Waals surface area (Å²) in [6, 6.07) is 38.3. The Morgan fingerprint density at radius 2 is 1.50 bits per heavy atom. The number of nitrogens with one attached hydrogen (secondary N) is 2. The highest BCUT2D eigenvalue weighted by atomic mass is 14.9. The standard InChI is InChI=1S/C41H40N2.C7H16.2C2H6/c1-3-42-34-21-14-16-31(28-34)40-29(2)27-36-35-22-11-12-23-37(35)41(32-17-6-4-7-18-32,33-19-8-5-9-20-33)38(36)26-25-30-15-10-13-24-39(30)43-40;1-6(2)7(3,4)5;2*1-2/h3-4,6-8,10-24,27-29,38,40,42-43H,1,5,9,25-26H2,2H3;6H,1-5H3;2*1-2H3/b36-27-;;;. The van der Waals surface area contributed by atoms with E-state index in [1.54, 1.807) is 6.20 Å². The number of hydrogen-bond acceptors (Lipinski definition) is 2. The van der Waals surface area contributed by atoms with Crippen molar-refractivity contribution in [2.45, 2.75) is 106 Å². The van der Waals surface area contributed by atoms with E-state index >= 15 is 0 Å². The summed E-state index contributed by atoms with van der Waals surface area (Å²) in [5, 5.41) is 7.30. The molecule has 0 spiro atoms. The molecule has 4 aromatic carbocycles. The third-order valence-electron chi connectivity index (χ3n) is 11.5. The smallest absolute Gasteiger partial charge is 0.0574 e. The number of fused-ring (bicyclic) bond motifs is 4. The van der Waals surface area contributed by atoms with Crippen molar-refractivity contribution in [1.82, 2.24) is 0 Å². The first kappa shape index (κ1) is 42.2. The summed E-state index contributed by atoms with van der Waals surface area (Å²) in [5.41, 5.74) is 12.4. The lowest BCUT2D eigenvalue weighted by Gasteiger charge is -2.41. The monoisotopic (exact) mass is 721 g/mol. The van der Waals surface area contributed by atoms with Crippen LogP contribution in [0, 0.1) is 23.2 Å². The van der Waals surface area contributed by atoms with Crippen LogP contribution in [0.3, 0.4) is 0 Å². The lowest BCUT2D eigenvalue weighted by Crippen LogP contribution is -2.36. The van der Waals surface area contributed by atoms with Gasteiger partial charge in [0.1, 0.15) is 0 Å². The highest BCUT2D eigenvalue weighted by Gasteiger charge is 2.52. The van der Waals surface area contributed by atoms with Crippen LogP contribution in [0.1, 0.15) is 122 Å². The Balaban J connectivity index is 0.000000527. The van der Waals surface area contributed by atoms with Crippen LogP contribution in [0.5, 0.6) is 0 Å². The zero-order chi connectivity index (χ0) is 39.3. The number of anilines is 2. The number of para-hydroxylation sites is 1. The fourth-order valence-corrected chi connectivity index (χ4v) is 7.94. The van der Waals surface area contributed by atoms with Crippen molar-refractivity contribution in [3.63, 3.8) is 0 Å². The summed E-state index contributed by atoms with van der Waals surface area (Å²) in [6.45, 7) is 25.5. The summed E-state index contributed by atoms with van der Waals surface area (Å²) >= 11 is 0. The van der Waals surface area contributed by atoms with Crippen LogP contribution in [0.4, 0.5) is 11.4 Å². The predicted molar refractivity (Wildman–Crippen MR) is 239 cm³/mol. The number of rotatable bonds is 5. The number of aryl methyl sites for hydroxylation is 1. The number of benzene rings is 4. The number of hydrogen-bond donors (Lipinski definition) is 2. The second kappa shape index (κ2) is 19.7. The Kier molecular flexibility index (Phi) is 15.4. The molecule has 2 heteroatoms. The number of allylic oxidation sites excluding steroid dienone is 5. The second-order valence-corrected chi connectivity index (χ2v) is 15.7. The van der Waals surface area contributed by atoms with Crippen molar-refractivity contribution in [3.8, 4) is 0 Å². The zero-order valence-electron chi connectivity index (χ0n) is 35.0. The third-order valence-corrected chi connectivity index (χ3v) is 11.5.